The Bertz CT molecular complexity index is 468. The van der Waals surface area contributed by atoms with E-state index >= 15 is 0 Å². The molecule has 0 aromatic carbocycles. The first-order valence-corrected chi connectivity index (χ1v) is 8.53. The molecule has 1 aromatic heterocycles. The third kappa shape index (κ3) is 3.73. The standard InChI is InChI=1S/C17H28N4/c1-13-11-18-14(2)17(19-13)20-15-7-6-10-21(12-15)16-8-4-3-5-9-16/h11,15-16H,3-10,12H2,1-2H3,(H,19,20). The summed E-state index contributed by atoms with van der Waals surface area (Å²) < 4.78 is 0. The molecule has 4 heteroatoms. The van der Waals surface area contributed by atoms with Crippen LogP contribution < -0.4 is 5.32 Å². The number of likely N-dealkylation sites (tertiary alicyclic amines) is 1. The van der Waals surface area contributed by atoms with Gasteiger partial charge in [-0.2, -0.15) is 0 Å². The molecular formula is C17H28N4. The third-order valence-corrected chi connectivity index (χ3v) is 4.96. The zero-order valence-corrected chi connectivity index (χ0v) is 13.4. The summed E-state index contributed by atoms with van der Waals surface area (Å²) >= 11 is 0. The van der Waals surface area contributed by atoms with Crippen molar-refractivity contribution in [3.8, 4) is 0 Å². The van der Waals surface area contributed by atoms with Gasteiger partial charge in [0, 0.05) is 24.8 Å². The van der Waals surface area contributed by atoms with E-state index in [2.05, 4.69) is 20.2 Å². The summed E-state index contributed by atoms with van der Waals surface area (Å²) in [5.41, 5.74) is 2.00. The predicted molar refractivity (Wildman–Crippen MR) is 86.6 cm³/mol. The fourth-order valence-corrected chi connectivity index (χ4v) is 3.77. The molecule has 1 atom stereocenters. The molecule has 1 N–H and O–H groups in total. The SMILES string of the molecule is Cc1cnc(C)c(NC2CCCN(C3CCCCC3)C2)n1. The minimum absolute atomic E-state index is 0.524. The first kappa shape index (κ1) is 14.8. The van der Waals surface area contributed by atoms with Crippen molar-refractivity contribution in [2.24, 2.45) is 0 Å². The molecule has 1 saturated carbocycles. The highest BCUT2D eigenvalue weighted by atomic mass is 15.2. The number of aryl methyl sites for hydroxylation is 2. The summed E-state index contributed by atoms with van der Waals surface area (Å²) in [5.74, 6) is 0.977. The van der Waals surface area contributed by atoms with Crippen molar-refractivity contribution in [2.75, 3.05) is 18.4 Å². The molecule has 1 aliphatic carbocycles. The second kappa shape index (κ2) is 6.73. The lowest BCUT2D eigenvalue weighted by Crippen LogP contribution is -2.47. The number of rotatable bonds is 3. The predicted octanol–water partition coefficient (Wildman–Crippen LogP) is 3.30. The van der Waals surface area contributed by atoms with E-state index in [1.54, 1.807) is 0 Å². The molecule has 1 unspecified atom stereocenters. The van der Waals surface area contributed by atoms with E-state index in [0.717, 1.165) is 23.2 Å². The van der Waals surface area contributed by atoms with Gasteiger partial charge in [0.25, 0.3) is 0 Å². The molecule has 0 spiro atoms. The van der Waals surface area contributed by atoms with Crippen LogP contribution in [0.2, 0.25) is 0 Å². The first-order valence-electron chi connectivity index (χ1n) is 8.53. The molecule has 0 amide bonds. The topological polar surface area (TPSA) is 41.1 Å². The fourth-order valence-electron chi connectivity index (χ4n) is 3.77. The van der Waals surface area contributed by atoms with Crippen molar-refractivity contribution in [3.05, 3.63) is 17.6 Å². The number of aromatic nitrogens is 2. The van der Waals surface area contributed by atoms with Gasteiger partial charge in [-0.3, -0.25) is 9.88 Å². The summed E-state index contributed by atoms with van der Waals surface area (Å²) in [7, 11) is 0. The van der Waals surface area contributed by atoms with Crippen LogP contribution in [0.4, 0.5) is 5.82 Å². The van der Waals surface area contributed by atoms with Crippen LogP contribution in [0.1, 0.15) is 56.3 Å². The van der Waals surface area contributed by atoms with Crippen LogP contribution in [-0.4, -0.2) is 40.0 Å². The third-order valence-electron chi connectivity index (χ3n) is 4.96. The van der Waals surface area contributed by atoms with E-state index in [1.165, 1.54) is 58.0 Å². The van der Waals surface area contributed by atoms with E-state index in [4.69, 9.17) is 0 Å². The number of nitrogens with one attached hydrogen (secondary N) is 1. The van der Waals surface area contributed by atoms with Gasteiger partial charge in [-0.15, -0.1) is 0 Å². The lowest BCUT2D eigenvalue weighted by Gasteiger charge is -2.40. The van der Waals surface area contributed by atoms with E-state index in [1.807, 2.05) is 20.0 Å². The Hall–Kier alpha value is -1.16. The van der Waals surface area contributed by atoms with Crippen LogP contribution >= 0.6 is 0 Å². The smallest absolute Gasteiger partial charge is 0.148 e. The van der Waals surface area contributed by atoms with Crippen molar-refractivity contribution in [1.82, 2.24) is 14.9 Å². The lowest BCUT2D eigenvalue weighted by atomic mass is 9.92. The molecule has 116 valence electrons. The Kier molecular flexibility index (Phi) is 4.73. The van der Waals surface area contributed by atoms with Crippen LogP contribution in [0.25, 0.3) is 0 Å². The lowest BCUT2D eigenvalue weighted by molar-refractivity contribution is 0.124. The van der Waals surface area contributed by atoms with Gasteiger partial charge in [-0.1, -0.05) is 19.3 Å². The molecule has 0 bridgehead atoms. The first-order chi connectivity index (χ1) is 10.2. The van der Waals surface area contributed by atoms with Crippen molar-refractivity contribution in [1.29, 1.82) is 0 Å². The Morgan fingerprint density at radius 1 is 1.10 bits per heavy atom. The maximum absolute atomic E-state index is 4.61. The Morgan fingerprint density at radius 2 is 1.90 bits per heavy atom. The summed E-state index contributed by atoms with van der Waals surface area (Å²) in [5, 5.41) is 3.64. The van der Waals surface area contributed by atoms with Crippen molar-refractivity contribution in [3.63, 3.8) is 0 Å². The molecule has 2 heterocycles. The van der Waals surface area contributed by atoms with Crippen molar-refractivity contribution >= 4 is 5.82 Å². The molecule has 3 rings (SSSR count). The Morgan fingerprint density at radius 3 is 2.71 bits per heavy atom. The molecule has 1 aliphatic heterocycles. The second-order valence-corrected chi connectivity index (χ2v) is 6.72. The molecule has 4 nitrogen and oxygen atoms in total. The van der Waals surface area contributed by atoms with Crippen LogP contribution in [0.15, 0.2) is 6.20 Å². The zero-order valence-electron chi connectivity index (χ0n) is 13.4. The number of hydrogen-bond donors (Lipinski definition) is 1. The average molecular weight is 288 g/mol. The molecule has 21 heavy (non-hydrogen) atoms. The quantitative estimate of drug-likeness (QED) is 0.926. The Labute approximate surface area is 128 Å². The van der Waals surface area contributed by atoms with Gasteiger partial charge in [-0.05, 0) is 46.1 Å². The minimum Gasteiger partial charge on any atom is -0.365 e. The normalized spacial score (nSPS) is 25.0. The van der Waals surface area contributed by atoms with Gasteiger partial charge in [0.1, 0.15) is 5.82 Å². The highest BCUT2D eigenvalue weighted by Gasteiger charge is 2.27. The summed E-state index contributed by atoms with van der Waals surface area (Å²) in [6.07, 6.45) is 11.5. The van der Waals surface area contributed by atoms with Crippen LogP contribution in [0, 0.1) is 13.8 Å². The van der Waals surface area contributed by atoms with E-state index in [9.17, 15) is 0 Å². The molecule has 0 radical (unpaired) electrons. The number of hydrogen-bond acceptors (Lipinski definition) is 4. The van der Waals surface area contributed by atoms with Crippen LogP contribution in [0.5, 0.6) is 0 Å². The van der Waals surface area contributed by atoms with E-state index < -0.39 is 0 Å². The average Bonchev–Trinajstić information content (AvgIpc) is 2.52. The van der Waals surface area contributed by atoms with Gasteiger partial charge in [0.05, 0.1) is 11.4 Å². The monoisotopic (exact) mass is 288 g/mol. The number of anilines is 1. The molecule has 2 aliphatic rings. The zero-order chi connectivity index (χ0) is 14.7. The van der Waals surface area contributed by atoms with E-state index in [-0.39, 0.29) is 0 Å². The number of nitrogens with zero attached hydrogens (tertiary/aromatic N) is 3. The van der Waals surface area contributed by atoms with Crippen LogP contribution in [-0.2, 0) is 0 Å². The fraction of sp³-hybridized carbons (Fsp3) is 0.765. The van der Waals surface area contributed by atoms with Gasteiger partial charge in [-0.25, -0.2) is 4.98 Å². The molecule has 1 saturated heterocycles. The Balaban J connectivity index is 1.61. The molecule has 2 fully saturated rings. The van der Waals surface area contributed by atoms with Gasteiger partial charge in [0.15, 0.2) is 0 Å². The highest BCUT2D eigenvalue weighted by Crippen LogP contribution is 2.26. The van der Waals surface area contributed by atoms with E-state index in [0.29, 0.717) is 6.04 Å². The summed E-state index contributed by atoms with van der Waals surface area (Å²) in [4.78, 5) is 11.7. The van der Waals surface area contributed by atoms with Gasteiger partial charge in [0.2, 0.25) is 0 Å². The van der Waals surface area contributed by atoms with Gasteiger partial charge >= 0.3 is 0 Å². The largest absolute Gasteiger partial charge is 0.365 e. The summed E-state index contributed by atoms with van der Waals surface area (Å²) in [6, 6.07) is 1.35. The number of piperidine rings is 1. The minimum atomic E-state index is 0.524. The van der Waals surface area contributed by atoms with Crippen LogP contribution in [0.3, 0.4) is 0 Å². The van der Waals surface area contributed by atoms with Crippen molar-refractivity contribution in [2.45, 2.75) is 70.9 Å². The maximum Gasteiger partial charge on any atom is 0.148 e. The maximum atomic E-state index is 4.61. The van der Waals surface area contributed by atoms with Crippen molar-refractivity contribution < 1.29 is 0 Å². The molecule has 1 aromatic rings. The molecular weight excluding hydrogens is 260 g/mol. The summed E-state index contributed by atoms with van der Waals surface area (Å²) in [6.45, 7) is 6.49. The second-order valence-electron chi connectivity index (χ2n) is 6.72. The highest BCUT2D eigenvalue weighted by molar-refractivity contribution is 5.40. The van der Waals surface area contributed by atoms with Gasteiger partial charge < -0.3 is 5.32 Å².